The van der Waals surface area contributed by atoms with E-state index in [0.29, 0.717) is 6.61 Å². The van der Waals surface area contributed by atoms with Gasteiger partial charge in [-0.05, 0) is 13.0 Å². The van der Waals surface area contributed by atoms with Crippen molar-refractivity contribution in [1.82, 2.24) is 5.32 Å². The zero-order valence-corrected chi connectivity index (χ0v) is 10.6. The van der Waals surface area contributed by atoms with Gasteiger partial charge in [0.05, 0.1) is 6.61 Å². The first-order valence-corrected chi connectivity index (χ1v) is 5.90. The van der Waals surface area contributed by atoms with Crippen LogP contribution in [0.25, 0.3) is 0 Å². The second kappa shape index (κ2) is 8.79. The fourth-order valence-electron chi connectivity index (χ4n) is 1.42. The molecule has 0 unspecified atom stereocenters. The van der Waals surface area contributed by atoms with Crippen LogP contribution < -0.4 is 10.1 Å². The van der Waals surface area contributed by atoms with Gasteiger partial charge in [0.25, 0.3) is 0 Å². The lowest BCUT2D eigenvalue weighted by molar-refractivity contribution is 0.199. The Bertz CT molecular complexity index is 337. The predicted octanol–water partition coefficient (Wildman–Crippen LogP) is 2.38. The molecule has 1 aromatic rings. The molecule has 0 aliphatic carbocycles. The van der Waals surface area contributed by atoms with Crippen LogP contribution in [-0.4, -0.2) is 26.9 Å². The van der Waals surface area contributed by atoms with Gasteiger partial charge < -0.3 is 14.8 Å². The summed E-state index contributed by atoms with van der Waals surface area (Å²) < 4.78 is 10.7. The zero-order chi connectivity index (χ0) is 12.3. The average Bonchev–Trinajstić information content (AvgIpc) is 2.36. The van der Waals surface area contributed by atoms with E-state index in [2.05, 4.69) is 11.4 Å². The maximum atomic E-state index is 5.68. The largest absolute Gasteiger partial charge is 0.489 e. The predicted molar refractivity (Wildman–Crippen MR) is 70.3 cm³/mol. The minimum atomic E-state index is 0.617. The summed E-state index contributed by atoms with van der Waals surface area (Å²) in [6, 6.07) is 8.08. The summed E-state index contributed by atoms with van der Waals surface area (Å²) in [6.45, 7) is 4.98. The molecule has 17 heavy (non-hydrogen) atoms. The molecule has 0 saturated carbocycles. The van der Waals surface area contributed by atoms with Crippen molar-refractivity contribution in [2.45, 2.75) is 13.5 Å². The fraction of sp³-hybridized carbons (Fsp3) is 0.429. The molecule has 1 aromatic carbocycles. The van der Waals surface area contributed by atoms with Crippen LogP contribution >= 0.6 is 0 Å². The SMILES string of the molecule is CC=CCOc1ccccc1CNCCOC. The summed E-state index contributed by atoms with van der Waals surface area (Å²) in [5.74, 6) is 0.940. The Morgan fingerprint density at radius 2 is 2.12 bits per heavy atom. The number of para-hydroxylation sites is 1. The molecule has 0 fully saturated rings. The Kier molecular flexibility index (Phi) is 7.11. The van der Waals surface area contributed by atoms with Crippen molar-refractivity contribution in [1.29, 1.82) is 0 Å². The number of nitrogens with one attached hydrogen (secondary N) is 1. The number of rotatable bonds is 8. The van der Waals surface area contributed by atoms with E-state index in [0.717, 1.165) is 25.4 Å². The van der Waals surface area contributed by atoms with Crippen LogP contribution in [-0.2, 0) is 11.3 Å². The number of benzene rings is 1. The van der Waals surface area contributed by atoms with Crippen LogP contribution in [0.2, 0.25) is 0 Å². The van der Waals surface area contributed by atoms with Crippen LogP contribution in [0.5, 0.6) is 5.75 Å². The first-order valence-electron chi connectivity index (χ1n) is 5.90. The van der Waals surface area contributed by atoms with Crippen LogP contribution in [0.3, 0.4) is 0 Å². The third-order valence-corrected chi connectivity index (χ3v) is 2.34. The third kappa shape index (κ3) is 5.52. The van der Waals surface area contributed by atoms with Gasteiger partial charge in [-0.2, -0.15) is 0 Å². The van der Waals surface area contributed by atoms with Gasteiger partial charge in [0.1, 0.15) is 12.4 Å². The van der Waals surface area contributed by atoms with Crippen LogP contribution in [0.4, 0.5) is 0 Å². The van der Waals surface area contributed by atoms with Gasteiger partial charge in [0.2, 0.25) is 0 Å². The van der Waals surface area contributed by atoms with E-state index in [9.17, 15) is 0 Å². The standard InChI is InChI=1S/C14H21NO2/c1-3-4-10-17-14-8-6-5-7-13(14)12-15-9-11-16-2/h3-8,15H,9-12H2,1-2H3. The highest BCUT2D eigenvalue weighted by Gasteiger charge is 2.01. The molecule has 0 radical (unpaired) electrons. The molecular formula is C14H21NO2. The molecule has 0 aliphatic rings. The van der Waals surface area contributed by atoms with Gasteiger partial charge in [0.15, 0.2) is 0 Å². The van der Waals surface area contributed by atoms with Crippen molar-refractivity contribution in [2.75, 3.05) is 26.9 Å². The molecule has 0 heterocycles. The Labute approximate surface area is 103 Å². The Morgan fingerprint density at radius 1 is 1.29 bits per heavy atom. The van der Waals surface area contributed by atoms with Crippen molar-refractivity contribution in [3.8, 4) is 5.75 Å². The lowest BCUT2D eigenvalue weighted by atomic mass is 10.2. The number of hydrogen-bond acceptors (Lipinski definition) is 3. The van der Waals surface area contributed by atoms with Crippen molar-refractivity contribution >= 4 is 0 Å². The van der Waals surface area contributed by atoms with Gasteiger partial charge >= 0.3 is 0 Å². The molecule has 3 nitrogen and oxygen atoms in total. The molecule has 1 N–H and O–H groups in total. The zero-order valence-electron chi connectivity index (χ0n) is 10.6. The highest BCUT2D eigenvalue weighted by atomic mass is 16.5. The quantitative estimate of drug-likeness (QED) is 0.554. The van der Waals surface area contributed by atoms with Crippen LogP contribution in [0.15, 0.2) is 36.4 Å². The number of methoxy groups -OCH3 is 1. The molecule has 1 rings (SSSR count). The van der Waals surface area contributed by atoms with Gasteiger partial charge in [-0.3, -0.25) is 0 Å². The summed E-state index contributed by atoms with van der Waals surface area (Å²) in [4.78, 5) is 0. The molecule has 0 bridgehead atoms. The van der Waals surface area contributed by atoms with E-state index in [1.54, 1.807) is 7.11 Å². The highest BCUT2D eigenvalue weighted by Crippen LogP contribution is 2.17. The van der Waals surface area contributed by atoms with Crippen molar-refractivity contribution in [3.63, 3.8) is 0 Å². The number of ether oxygens (including phenoxy) is 2. The Hall–Kier alpha value is -1.32. The van der Waals surface area contributed by atoms with E-state index < -0.39 is 0 Å². The molecular weight excluding hydrogens is 214 g/mol. The molecule has 0 atom stereocenters. The summed E-state index contributed by atoms with van der Waals surface area (Å²) in [5.41, 5.74) is 1.17. The molecule has 0 aromatic heterocycles. The second-order valence-electron chi connectivity index (χ2n) is 3.66. The average molecular weight is 235 g/mol. The van der Waals surface area contributed by atoms with Gasteiger partial charge in [-0.15, -0.1) is 0 Å². The minimum Gasteiger partial charge on any atom is -0.489 e. The van der Waals surface area contributed by atoms with E-state index in [1.807, 2.05) is 37.3 Å². The van der Waals surface area contributed by atoms with E-state index in [1.165, 1.54) is 5.56 Å². The summed E-state index contributed by atoms with van der Waals surface area (Å²) in [6.07, 6.45) is 3.98. The van der Waals surface area contributed by atoms with Crippen LogP contribution in [0.1, 0.15) is 12.5 Å². The van der Waals surface area contributed by atoms with Crippen molar-refractivity contribution in [2.24, 2.45) is 0 Å². The maximum Gasteiger partial charge on any atom is 0.124 e. The third-order valence-electron chi connectivity index (χ3n) is 2.34. The van der Waals surface area contributed by atoms with E-state index >= 15 is 0 Å². The van der Waals surface area contributed by atoms with Crippen molar-refractivity contribution in [3.05, 3.63) is 42.0 Å². The first-order chi connectivity index (χ1) is 8.38. The van der Waals surface area contributed by atoms with Gasteiger partial charge in [0, 0.05) is 25.8 Å². The lowest BCUT2D eigenvalue weighted by Gasteiger charge is -2.10. The normalized spacial score (nSPS) is 10.9. The van der Waals surface area contributed by atoms with E-state index in [-0.39, 0.29) is 0 Å². The molecule has 0 saturated heterocycles. The first kappa shape index (κ1) is 13.7. The van der Waals surface area contributed by atoms with E-state index in [4.69, 9.17) is 9.47 Å². The monoisotopic (exact) mass is 235 g/mol. The molecule has 3 heteroatoms. The fourth-order valence-corrected chi connectivity index (χ4v) is 1.42. The topological polar surface area (TPSA) is 30.5 Å². The summed E-state index contributed by atoms with van der Waals surface area (Å²) in [5, 5.41) is 3.31. The number of hydrogen-bond donors (Lipinski definition) is 1. The second-order valence-corrected chi connectivity index (χ2v) is 3.66. The lowest BCUT2D eigenvalue weighted by Crippen LogP contribution is -2.19. The van der Waals surface area contributed by atoms with Crippen LogP contribution in [0, 0.1) is 0 Å². The molecule has 0 amide bonds. The Balaban J connectivity index is 2.45. The summed E-state index contributed by atoms with van der Waals surface area (Å²) in [7, 11) is 1.70. The Morgan fingerprint density at radius 3 is 2.88 bits per heavy atom. The maximum absolute atomic E-state index is 5.68. The molecule has 0 spiro atoms. The van der Waals surface area contributed by atoms with Gasteiger partial charge in [-0.1, -0.05) is 30.4 Å². The van der Waals surface area contributed by atoms with Crippen molar-refractivity contribution < 1.29 is 9.47 Å². The minimum absolute atomic E-state index is 0.617. The van der Waals surface area contributed by atoms with Gasteiger partial charge in [-0.25, -0.2) is 0 Å². The summed E-state index contributed by atoms with van der Waals surface area (Å²) >= 11 is 0. The molecule has 94 valence electrons. The number of allylic oxidation sites excluding steroid dienone is 1. The smallest absolute Gasteiger partial charge is 0.124 e. The highest BCUT2D eigenvalue weighted by molar-refractivity contribution is 5.33. The molecule has 0 aliphatic heterocycles.